The molecular formula is C20H13NO4. The topological polar surface area (TPSA) is 79.5 Å². The highest BCUT2D eigenvalue weighted by molar-refractivity contribution is 5.87. The number of rotatable bonds is 5. The third kappa shape index (κ3) is 4.15. The van der Waals surface area contributed by atoms with Crippen molar-refractivity contribution in [1.82, 2.24) is 0 Å². The van der Waals surface area contributed by atoms with E-state index in [4.69, 9.17) is 19.8 Å². The summed E-state index contributed by atoms with van der Waals surface area (Å²) in [4.78, 5) is 10.8. The summed E-state index contributed by atoms with van der Waals surface area (Å²) in [6.45, 7) is 0. The molecule has 0 saturated carbocycles. The first-order valence-corrected chi connectivity index (χ1v) is 7.43. The third-order valence-electron chi connectivity index (χ3n) is 3.38. The van der Waals surface area contributed by atoms with Gasteiger partial charge in [-0.05, 0) is 72.8 Å². The molecule has 25 heavy (non-hydrogen) atoms. The predicted octanol–water partition coefficient (Wildman–Crippen LogP) is 4.84. The predicted molar refractivity (Wildman–Crippen MR) is 91.1 cm³/mol. The fourth-order valence-electron chi connectivity index (χ4n) is 2.11. The van der Waals surface area contributed by atoms with Crippen molar-refractivity contribution in [3.8, 4) is 29.1 Å². The van der Waals surface area contributed by atoms with Crippen LogP contribution in [0.1, 0.15) is 15.9 Å². The Labute approximate surface area is 144 Å². The number of nitriles is 1. The molecule has 0 atom stereocenters. The molecule has 0 fully saturated rings. The SMILES string of the molecule is N#Cc1ccc(Oc2ccc(Oc3ccc(C(=O)O)cc3)cc2)cc1. The smallest absolute Gasteiger partial charge is 0.335 e. The summed E-state index contributed by atoms with van der Waals surface area (Å²) in [5.41, 5.74) is 0.781. The molecule has 0 aromatic heterocycles. The van der Waals surface area contributed by atoms with E-state index in [0.717, 1.165) is 0 Å². The second kappa shape index (κ2) is 7.20. The summed E-state index contributed by atoms with van der Waals surface area (Å²) in [5.74, 6) is 1.45. The van der Waals surface area contributed by atoms with Crippen LogP contribution in [0.25, 0.3) is 0 Å². The molecule has 0 unspecified atom stereocenters. The molecule has 5 nitrogen and oxygen atoms in total. The van der Waals surface area contributed by atoms with E-state index in [1.165, 1.54) is 12.1 Å². The monoisotopic (exact) mass is 331 g/mol. The van der Waals surface area contributed by atoms with Crippen molar-refractivity contribution in [3.63, 3.8) is 0 Å². The lowest BCUT2D eigenvalue weighted by Crippen LogP contribution is -1.95. The summed E-state index contributed by atoms with van der Waals surface area (Å²) in [6.07, 6.45) is 0. The van der Waals surface area contributed by atoms with Crippen molar-refractivity contribution < 1.29 is 19.4 Å². The van der Waals surface area contributed by atoms with E-state index >= 15 is 0 Å². The van der Waals surface area contributed by atoms with Crippen molar-refractivity contribution >= 4 is 5.97 Å². The lowest BCUT2D eigenvalue weighted by Gasteiger charge is -2.08. The highest BCUT2D eigenvalue weighted by Gasteiger charge is 2.04. The minimum Gasteiger partial charge on any atom is -0.478 e. The Bertz CT molecular complexity index is 908. The van der Waals surface area contributed by atoms with Gasteiger partial charge in [-0.2, -0.15) is 5.26 Å². The van der Waals surface area contributed by atoms with Gasteiger partial charge < -0.3 is 14.6 Å². The van der Waals surface area contributed by atoms with E-state index in [9.17, 15) is 4.79 Å². The fraction of sp³-hybridized carbons (Fsp3) is 0. The Hall–Kier alpha value is -3.78. The van der Waals surface area contributed by atoms with Gasteiger partial charge in [-0.25, -0.2) is 4.79 Å². The highest BCUT2D eigenvalue weighted by atomic mass is 16.5. The van der Waals surface area contributed by atoms with Crippen LogP contribution in [0.4, 0.5) is 0 Å². The zero-order valence-corrected chi connectivity index (χ0v) is 13.0. The van der Waals surface area contributed by atoms with Crippen LogP contribution in [0.2, 0.25) is 0 Å². The largest absolute Gasteiger partial charge is 0.478 e. The number of aromatic carboxylic acids is 1. The molecule has 3 aromatic carbocycles. The molecule has 0 spiro atoms. The second-order valence-electron chi connectivity index (χ2n) is 5.14. The Kier molecular flexibility index (Phi) is 4.63. The van der Waals surface area contributed by atoms with Crippen LogP contribution < -0.4 is 9.47 Å². The molecular weight excluding hydrogens is 318 g/mol. The van der Waals surface area contributed by atoms with Gasteiger partial charge in [0.05, 0.1) is 17.2 Å². The number of ether oxygens (including phenoxy) is 2. The standard InChI is InChI=1S/C20H13NO4/c21-13-14-1-5-16(6-2-14)24-18-9-11-19(12-10-18)25-17-7-3-15(4-8-17)20(22)23/h1-12H,(H,22,23). The Balaban J connectivity index is 1.65. The van der Waals surface area contributed by atoms with Crippen molar-refractivity contribution in [3.05, 3.63) is 83.9 Å². The van der Waals surface area contributed by atoms with Crippen LogP contribution in [0.5, 0.6) is 23.0 Å². The van der Waals surface area contributed by atoms with Crippen LogP contribution in [-0.4, -0.2) is 11.1 Å². The Morgan fingerprint density at radius 1 is 0.720 bits per heavy atom. The first-order chi connectivity index (χ1) is 12.1. The van der Waals surface area contributed by atoms with Gasteiger partial charge in [0.15, 0.2) is 0 Å². The van der Waals surface area contributed by atoms with Gasteiger partial charge in [0.2, 0.25) is 0 Å². The van der Waals surface area contributed by atoms with Crippen LogP contribution in [0.15, 0.2) is 72.8 Å². The number of hydrogen-bond donors (Lipinski definition) is 1. The molecule has 0 bridgehead atoms. The summed E-state index contributed by atoms with van der Waals surface area (Å²) in [6, 6.07) is 22.1. The first kappa shape index (κ1) is 16.1. The summed E-state index contributed by atoms with van der Waals surface area (Å²) in [5, 5.41) is 17.7. The fourth-order valence-corrected chi connectivity index (χ4v) is 2.11. The molecule has 122 valence electrons. The summed E-state index contributed by atoms with van der Waals surface area (Å²) in [7, 11) is 0. The second-order valence-corrected chi connectivity index (χ2v) is 5.14. The van der Waals surface area contributed by atoms with E-state index in [1.807, 2.05) is 0 Å². The lowest BCUT2D eigenvalue weighted by atomic mass is 10.2. The van der Waals surface area contributed by atoms with Crippen molar-refractivity contribution in [2.24, 2.45) is 0 Å². The van der Waals surface area contributed by atoms with E-state index in [0.29, 0.717) is 28.6 Å². The highest BCUT2D eigenvalue weighted by Crippen LogP contribution is 2.27. The van der Waals surface area contributed by atoms with Gasteiger partial charge >= 0.3 is 5.97 Å². The van der Waals surface area contributed by atoms with Crippen molar-refractivity contribution in [2.45, 2.75) is 0 Å². The Morgan fingerprint density at radius 3 is 1.44 bits per heavy atom. The van der Waals surface area contributed by atoms with E-state index in [-0.39, 0.29) is 5.56 Å². The quantitative estimate of drug-likeness (QED) is 0.723. The maximum atomic E-state index is 10.8. The average molecular weight is 331 g/mol. The lowest BCUT2D eigenvalue weighted by molar-refractivity contribution is 0.0697. The molecule has 0 amide bonds. The van der Waals surface area contributed by atoms with Gasteiger partial charge in [0.25, 0.3) is 0 Å². The maximum Gasteiger partial charge on any atom is 0.335 e. The van der Waals surface area contributed by atoms with E-state index in [1.54, 1.807) is 60.7 Å². The van der Waals surface area contributed by atoms with Gasteiger partial charge in [0, 0.05) is 0 Å². The minimum atomic E-state index is -0.976. The average Bonchev–Trinajstić information content (AvgIpc) is 2.64. The number of nitrogens with zero attached hydrogens (tertiary/aromatic N) is 1. The summed E-state index contributed by atoms with van der Waals surface area (Å²) < 4.78 is 11.4. The van der Waals surface area contributed by atoms with E-state index in [2.05, 4.69) is 6.07 Å². The zero-order valence-electron chi connectivity index (χ0n) is 13.0. The number of benzene rings is 3. The number of hydrogen-bond acceptors (Lipinski definition) is 4. The first-order valence-electron chi connectivity index (χ1n) is 7.43. The van der Waals surface area contributed by atoms with Crippen LogP contribution >= 0.6 is 0 Å². The van der Waals surface area contributed by atoms with Gasteiger partial charge in [-0.1, -0.05) is 0 Å². The number of carbonyl (C=O) groups is 1. The maximum absolute atomic E-state index is 10.8. The molecule has 0 saturated heterocycles. The van der Waals surface area contributed by atoms with Crippen LogP contribution in [0, 0.1) is 11.3 Å². The Morgan fingerprint density at radius 2 is 1.08 bits per heavy atom. The van der Waals surface area contributed by atoms with Gasteiger partial charge in [-0.15, -0.1) is 0 Å². The molecule has 1 N–H and O–H groups in total. The van der Waals surface area contributed by atoms with Crippen LogP contribution in [0.3, 0.4) is 0 Å². The molecule has 3 aromatic rings. The molecule has 0 aliphatic rings. The molecule has 0 radical (unpaired) electrons. The van der Waals surface area contributed by atoms with Gasteiger partial charge in [-0.3, -0.25) is 0 Å². The number of carboxylic acids is 1. The normalized spacial score (nSPS) is 9.88. The molecule has 0 aliphatic carbocycles. The molecule has 0 aliphatic heterocycles. The van der Waals surface area contributed by atoms with Crippen LogP contribution in [-0.2, 0) is 0 Å². The number of carboxylic acid groups (broad SMARTS) is 1. The molecule has 3 rings (SSSR count). The van der Waals surface area contributed by atoms with E-state index < -0.39 is 5.97 Å². The minimum absolute atomic E-state index is 0.207. The van der Waals surface area contributed by atoms with Crippen molar-refractivity contribution in [1.29, 1.82) is 5.26 Å². The molecule has 0 heterocycles. The zero-order chi connectivity index (χ0) is 17.6. The van der Waals surface area contributed by atoms with Gasteiger partial charge in [0.1, 0.15) is 23.0 Å². The molecule has 5 heteroatoms. The third-order valence-corrected chi connectivity index (χ3v) is 3.38. The van der Waals surface area contributed by atoms with Crippen molar-refractivity contribution in [2.75, 3.05) is 0 Å². The summed E-state index contributed by atoms with van der Waals surface area (Å²) >= 11 is 0.